The molecule has 1 aromatic rings. The summed E-state index contributed by atoms with van der Waals surface area (Å²) in [5.41, 5.74) is 2.91. The van der Waals surface area contributed by atoms with Crippen LogP contribution in [0.15, 0.2) is 24.3 Å². The van der Waals surface area contributed by atoms with Crippen LogP contribution in [0.4, 0.5) is 0 Å². The van der Waals surface area contributed by atoms with E-state index in [2.05, 4.69) is 76.1 Å². The van der Waals surface area contributed by atoms with E-state index in [0.29, 0.717) is 6.04 Å². The Bertz CT molecular complexity index is 381. The molecule has 0 spiro atoms. The third-order valence-electron chi connectivity index (χ3n) is 4.30. The molecule has 1 atom stereocenters. The van der Waals surface area contributed by atoms with Crippen LogP contribution in [0.2, 0.25) is 0 Å². The molecule has 0 radical (unpaired) electrons. The highest BCUT2D eigenvalue weighted by Gasteiger charge is 2.32. The Kier molecular flexibility index (Phi) is 6.02. The van der Waals surface area contributed by atoms with Gasteiger partial charge in [0.15, 0.2) is 0 Å². The van der Waals surface area contributed by atoms with Gasteiger partial charge in [0.05, 0.1) is 0 Å². The van der Waals surface area contributed by atoms with Gasteiger partial charge in [-0.2, -0.15) is 0 Å². The number of nitrogens with zero attached hydrogens (tertiary/aromatic N) is 1. The number of hydrogen-bond donors (Lipinski definition) is 1. The van der Waals surface area contributed by atoms with Gasteiger partial charge in [0.1, 0.15) is 0 Å². The minimum atomic E-state index is 0.155. The van der Waals surface area contributed by atoms with Gasteiger partial charge in [0.25, 0.3) is 0 Å². The average molecular weight is 262 g/mol. The Morgan fingerprint density at radius 2 is 1.84 bits per heavy atom. The summed E-state index contributed by atoms with van der Waals surface area (Å²) in [5, 5.41) is 3.52. The van der Waals surface area contributed by atoms with Gasteiger partial charge in [0.2, 0.25) is 0 Å². The van der Waals surface area contributed by atoms with Crippen LogP contribution >= 0.6 is 0 Å². The summed E-state index contributed by atoms with van der Waals surface area (Å²) >= 11 is 0. The molecule has 0 aliphatic rings. The van der Waals surface area contributed by atoms with Crippen molar-refractivity contribution in [3.63, 3.8) is 0 Å². The average Bonchev–Trinajstić information content (AvgIpc) is 2.37. The fourth-order valence-electron chi connectivity index (χ4n) is 3.04. The summed E-state index contributed by atoms with van der Waals surface area (Å²) < 4.78 is 0. The molecule has 1 N–H and O–H groups in total. The molecule has 2 heteroatoms. The number of aryl methyl sites for hydroxylation is 1. The largest absolute Gasteiger partial charge is 0.315 e. The molecular formula is C17H30N2. The van der Waals surface area contributed by atoms with Crippen molar-refractivity contribution in [3.8, 4) is 0 Å². The summed E-state index contributed by atoms with van der Waals surface area (Å²) in [6, 6.07) is 9.29. The van der Waals surface area contributed by atoms with E-state index in [9.17, 15) is 0 Å². The second-order valence-corrected chi connectivity index (χ2v) is 5.86. The van der Waals surface area contributed by atoms with Gasteiger partial charge in [-0.05, 0) is 52.9 Å². The SMILES string of the molecule is CCN(CC)C(C)(C)C(Cc1cccc(C)c1)NC. The fourth-order valence-corrected chi connectivity index (χ4v) is 3.04. The highest BCUT2D eigenvalue weighted by Crippen LogP contribution is 2.22. The first-order valence-corrected chi connectivity index (χ1v) is 7.43. The zero-order valence-electron chi connectivity index (χ0n) is 13.5. The van der Waals surface area contributed by atoms with Crippen LogP contribution in [0, 0.1) is 6.92 Å². The number of hydrogen-bond acceptors (Lipinski definition) is 2. The van der Waals surface area contributed by atoms with Crippen LogP contribution in [0.5, 0.6) is 0 Å². The van der Waals surface area contributed by atoms with Crippen LogP contribution in [0.25, 0.3) is 0 Å². The van der Waals surface area contributed by atoms with E-state index in [4.69, 9.17) is 0 Å². The molecule has 1 rings (SSSR count). The Balaban J connectivity index is 2.88. The van der Waals surface area contributed by atoms with Crippen LogP contribution in [-0.4, -0.2) is 36.6 Å². The lowest BCUT2D eigenvalue weighted by Gasteiger charge is -2.43. The van der Waals surface area contributed by atoms with E-state index in [0.717, 1.165) is 19.5 Å². The predicted octanol–water partition coefficient (Wildman–Crippen LogP) is 3.25. The summed E-state index contributed by atoms with van der Waals surface area (Å²) in [4.78, 5) is 2.53. The molecule has 0 bridgehead atoms. The van der Waals surface area contributed by atoms with Crippen molar-refractivity contribution >= 4 is 0 Å². The topological polar surface area (TPSA) is 15.3 Å². The molecule has 0 aliphatic heterocycles. The maximum atomic E-state index is 3.52. The monoisotopic (exact) mass is 262 g/mol. The van der Waals surface area contributed by atoms with Crippen LogP contribution in [-0.2, 0) is 6.42 Å². The number of benzene rings is 1. The van der Waals surface area contributed by atoms with E-state index >= 15 is 0 Å². The molecular weight excluding hydrogens is 232 g/mol. The van der Waals surface area contributed by atoms with Gasteiger partial charge >= 0.3 is 0 Å². The van der Waals surface area contributed by atoms with E-state index in [1.807, 2.05) is 0 Å². The van der Waals surface area contributed by atoms with E-state index in [1.165, 1.54) is 11.1 Å². The van der Waals surface area contributed by atoms with Gasteiger partial charge in [-0.1, -0.05) is 43.7 Å². The van der Waals surface area contributed by atoms with Crippen molar-refractivity contribution in [1.82, 2.24) is 10.2 Å². The Hall–Kier alpha value is -0.860. The predicted molar refractivity (Wildman–Crippen MR) is 84.7 cm³/mol. The van der Waals surface area contributed by atoms with Crippen LogP contribution < -0.4 is 5.32 Å². The molecule has 1 aromatic carbocycles. The van der Waals surface area contributed by atoms with Crippen molar-refractivity contribution < 1.29 is 0 Å². The summed E-state index contributed by atoms with van der Waals surface area (Å²) in [6.45, 7) is 13.5. The molecule has 0 saturated carbocycles. The van der Waals surface area contributed by atoms with Crippen molar-refractivity contribution in [2.45, 2.75) is 52.6 Å². The standard InChI is InChI=1S/C17H30N2/c1-7-19(8-2)17(4,5)16(18-6)13-15-11-9-10-14(3)12-15/h9-12,16,18H,7-8,13H2,1-6H3. The lowest BCUT2D eigenvalue weighted by atomic mass is 9.87. The van der Waals surface area contributed by atoms with Crippen molar-refractivity contribution in [2.24, 2.45) is 0 Å². The van der Waals surface area contributed by atoms with Crippen molar-refractivity contribution in [1.29, 1.82) is 0 Å². The molecule has 108 valence electrons. The Morgan fingerprint density at radius 3 is 2.32 bits per heavy atom. The zero-order valence-corrected chi connectivity index (χ0v) is 13.5. The minimum Gasteiger partial charge on any atom is -0.315 e. The van der Waals surface area contributed by atoms with Gasteiger partial charge in [-0.15, -0.1) is 0 Å². The Labute approximate surface area is 119 Å². The van der Waals surface area contributed by atoms with Gasteiger partial charge < -0.3 is 5.32 Å². The molecule has 19 heavy (non-hydrogen) atoms. The molecule has 1 unspecified atom stereocenters. The molecule has 0 fully saturated rings. The van der Waals surface area contributed by atoms with Crippen molar-refractivity contribution in [3.05, 3.63) is 35.4 Å². The minimum absolute atomic E-state index is 0.155. The van der Waals surface area contributed by atoms with Crippen LogP contribution in [0.1, 0.15) is 38.8 Å². The Morgan fingerprint density at radius 1 is 1.21 bits per heavy atom. The lowest BCUT2D eigenvalue weighted by molar-refractivity contribution is 0.0943. The van der Waals surface area contributed by atoms with Gasteiger partial charge in [0, 0.05) is 11.6 Å². The number of nitrogens with one attached hydrogen (secondary N) is 1. The summed E-state index contributed by atoms with van der Waals surface area (Å²) in [7, 11) is 2.08. The first kappa shape index (κ1) is 16.2. The van der Waals surface area contributed by atoms with Gasteiger partial charge in [-0.3, -0.25) is 4.90 Å². The molecule has 0 aliphatic carbocycles. The van der Waals surface area contributed by atoms with Crippen LogP contribution in [0.3, 0.4) is 0 Å². The van der Waals surface area contributed by atoms with E-state index in [-0.39, 0.29) is 5.54 Å². The zero-order chi connectivity index (χ0) is 14.5. The lowest BCUT2D eigenvalue weighted by Crippen LogP contribution is -2.57. The normalized spacial score (nSPS) is 13.8. The number of rotatable bonds is 7. The first-order valence-electron chi connectivity index (χ1n) is 7.43. The fraction of sp³-hybridized carbons (Fsp3) is 0.647. The maximum Gasteiger partial charge on any atom is 0.0309 e. The van der Waals surface area contributed by atoms with Crippen molar-refractivity contribution in [2.75, 3.05) is 20.1 Å². The second-order valence-electron chi connectivity index (χ2n) is 5.86. The molecule has 0 heterocycles. The first-order chi connectivity index (χ1) is 8.95. The molecule has 0 saturated heterocycles. The van der Waals surface area contributed by atoms with E-state index in [1.54, 1.807) is 0 Å². The van der Waals surface area contributed by atoms with Gasteiger partial charge in [-0.25, -0.2) is 0 Å². The summed E-state index contributed by atoms with van der Waals surface area (Å²) in [5.74, 6) is 0. The summed E-state index contributed by atoms with van der Waals surface area (Å²) in [6.07, 6.45) is 1.07. The number of likely N-dealkylation sites (N-methyl/N-ethyl adjacent to an activating group) is 2. The third-order valence-corrected chi connectivity index (χ3v) is 4.30. The molecule has 2 nitrogen and oxygen atoms in total. The third kappa shape index (κ3) is 4.05. The molecule has 0 amide bonds. The smallest absolute Gasteiger partial charge is 0.0309 e. The highest BCUT2D eigenvalue weighted by molar-refractivity contribution is 5.23. The highest BCUT2D eigenvalue weighted by atomic mass is 15.2. The maximum absolute atomic E-state index is 3.52. The molecule has 0 aromatic heterocycles. The second kappa shape index (κ2) is 7.06. The quantitative estimate of drug-likeness (QED) is 0.811. The van der Waals surface area contributed by atoms with E-state index < -0.39 is 0 Å².